The lowest BCUT2D eigenvalue weighted by molar-refractivity contribution is -0.115. The molecule has 0 saturated carbocycles. The minimum Gasteiger partial charge on any atom is -0.497 e. The molecule has 32 heavy (non-hydrogen) atoms. The lowest BCUT2D eigenvalue weighted by atomic mass is 10.2. The Morgan fingerprint density at radius 3 is 2.38 bits per heavy atom. The third-order valence-corrected chi connectivity index (χ3v) is 5.96. The number of nitrogens with zero attached hydrogens (tertiary/aromatic N) is 4. The number of aromatic nitrogens is 4. The molecule has 4 aromatic rings. The molecule has 9 heteroatoms. The van der Waals surface area contributed by atoms with Gasteiger partial charge in [0.05, 0.1) is 12.4 Å². The van der Waals surface area contributed by atoms with Crippen molar-refractivity contribution in [2.75, 3.05) is 12.4 Å². The molecule has 1 unspecified atom stereocenters. The number of nitrogens with one attached hydrogen (secondary N) is 1. The highest BCUT2D eigenvalue weighted by molar-refractivity contribution is 8.00. The van der Waals surface area contributed by atoms with Crippen LogP contribution in [0.1, 0.15) is 6.92 Å². The van der Waals surface area contributed by atoms with Gasteiger partial charge in [-0.1, -0.05) is 23.4 Å². The average molecular weight is 466 g/mol. The molecule has 0 bridgehead atoms. The summed E-state index contributed by atoms with van der Waals surface area (Å²) in [5.74, 6) is 1.26. The molecular weight excluding hydrogens is 446 g/mol. The van der Waals surface area contributed by atoms with Crippen molar-refractivity contribution in [3.05, 3.63) is 78.1 Å². The normalized spacial score (nSPS) is 11.7. The summed E-state index contributed by atoms with van der Waals surface area (Å²) in [7, 11) is 1.62. The van der Waals surface area contributed by atoms with Gasteiger partial charge >= 0.3 is 0 Å². The van der Waals surface area contributed by atoms with Crippen molar-refractivity contribution in [2.24, 2.45) is 0 Å². The van der Waals surface area contributed by atoms with E-state index in [0.717, 1.165) is 17.0 Å². The maximum absolute atomic E-state index is 12.8. The van der Waals surface area contributed by atoms with Gasteiger partial charge in [0.2, 0.25) is 5.91 Å². The Hall–Kier alpha value is -3.36. The van der Waals surface area contributed by atoms with Crippen LogP contribution < -0.4 is 10.1 Å². The molecule has 0 spiro atoms. The third kappa shape index (κ3) is 4.92. The summed E-state index contributed by atoms with van der Waals surface area (Å²) in [6, 6.07) is 18.3. The van der Waals surface area contributed by atoms with Crippen molar-refractivity contribution in [3.63, 3.8) is 0 Å². The zero-order chi connectivity index (χ0) is 22.5. The molecule has 162 valence electrons. The molecule has 2 aromatic heterocycles. The highest BCUT2D eigenvalue weighted by Gasteiger charge is 2.22. The Kier molecular flexibility index (Phi) is 6.72. The summed E-state index contributed by atoms with van der Waals surface area (Å²) in [6.45, 7) is 1.83. The topological polar surface area (TPSA) is 81.9 Å². The molecular formula is C23H20ClN5O2S. The number of carbonyl (C=O) groups is 1. The lowest BCUT2D eigenvalue weighted by Crippen LogP contribution is -2.22. The number of methoxy groups -OCH3 is 1. The second kappa shape index (κ2) is 9.84. The van der Waals surface area contributed by atoms with E-state index in [1.54, 1.807) is 43.8 Å². The van der Waals surface area contributed by atoms with Gasteiger partial charge in [-0.25, -0.2) is 0 Å². The highest BCUT2D eigenvalue weighted by atomic mass is 35.5. The van der Waals surface area contributed by atoms with E-state index in [4.69, 9.17) is 16.3 Å². The Morgan fingerprint density at radius 2 is 1.72 bits per heavy atom. The summed E-state index contributed by atoms with van der Waals surface area (Å²) < 4.78 is 7.20. The molecule has 1 atom stereocenters. The Labute approximate surface area is 194 Å². The van der Waals surface area contributed by atoms with Crippen LogP contribution in [0, 0.1) is 0 Å². The van der Waals surface area contributed by atoms with Crippen LogP contribution in [0.15, 0.2) is 78.2 Å². The number of carbonyl (C=O) groups excluding carboxylic acids is 1. The number of amides is 1. The number of hydrogen-bond donors (Lipinski definition) is 1. The Balaban J connectivity index is 1.63. The average Bonchev–Trinajstić information content (AvgIpc) is 3.24. The van der Waals surface area contributed by atoms with E-state index in [9.17, 15) is 4.79 Å². The predicted molar refractivity (Wildman–Crippen MR) is 127 cm³/mol. The van der Waals surface area contributed by atoms with E-state index in [1.165, 1.54) is 11.8 Å². The Morgan fingerprint density at radius 1 is 1.03 bits per heavy atom. The van der Waals surface area contributed by atoms with Crippen LogP contribution >= 0.6 is 23.4 Å². The van der Waals surface area contributed by atoms with E-state index >= 15 is 0 Å². The van der Waals surface area contributed by atoms with Crippen molar-refractivity contribution in [2.45, 2.75) is 17.3 Å². The van der Waals surface area contributed by atoms with Crippen molar-refractivity contribution >= 4 is 35.0 Å². The molecule has 1 amide bonds. The summed E-state index contributed by atoms with van der Waals surface area (Å²) in [5, 5.41) is 12.5. The predicted octanol–water partition coefficient (Wildman–Crippen LogP) is 5.11. The highest BCUT2D eigenvalue weighted by Crippen LogP contribution is 2.31. The summed E-state index contributed by atoms with van der Waals surface area (Å²) >= 11 is 7.24. The van der Waals surface area contributed by atoms with E-state index in [0.29, 0.717) is 21.7 Å². The van der Waals surface area contributed by atoms with Crippen molar-refractivity contribution in [1.29, 1.82) is 0 Å². The van der Waals surface area contributed by atoms with E-state index in [1.807, 2.05) is 47.9 Å². The van der Waals surface area contributed by atoms with Gasteiger partial charge in [0.25, 0.3) is 0 Å². The van der Waals surface area contributed by atoms with Gasteiger partial charge in [-0.3, -0.25) is 14.3 Å². The number of benzene rings is 2. The fourth-order valence-corrected chi connectivity index (χ4v) is 3.98. The quantitative estimate of drug-likeness (QED) is 0.382. The maximum atomic E-state index is 12.8. The lowest BCUT2D eigenvalue weighted by Gasteiger charge is -2.14. The largest absolute Gasteiger partial charge is 0.497 e. The number of anilines is 1. The van der Waals surface area contributed by atoms with Gasteiger partial charge in [0.1, 0.15) is 5.75 Å². The number of ether oxygens (including phenoxy) is 1. The minimum absolute atomic E-state index is 0.146. The van der Waals surface area contributed by atoms with Crippen molar-refractivity contribution in [1.82, 2.24) is 19.7 Å². The molecule has 0 aliphatic heterocycles. The van der Waals surface area contributed by atoms with Gasteiger partial charge in [0.15, 0.2) is 11.0 Å². The van der Waals surface area contributed by atoms with Crippen LogP contribution in [0.5, 0.6) is 5.75 Å². The van der Waals surface area contributed by atoms with Gasteiger partial charge in [-0.05, 0) is 67.6 Å². The number of thioether (sulfide) groups is 1. The first-order valence-corrected chi connectivity index (χ1v) is 11.0. The van der Waals surface area contributed by atoms with Crippen LogP contribution in [0.4, 0.5) is 5.69 Å². The molecule has 0 saturated heterocycles. The Bertz CT molecular complexity index is 1200. The molecule has 0 aliphatic rings. The number of rotatable bonds is 7. The summed E-state index contributed by atoms with van der Waals surface area (Å²) in [4.78, 5) is 16.8. The smallest absolute Gasteiger partial charge is 0.237 e. The first-order chi connectivity index (χ1) is 15.5. The number of halogens is 1. The maximum Gasteiger partial charge on any atom is 0.237 e. The molecule has 2 aromatic carbocycles. The van der Waals surface area contributed by atoms with Gasteiger partial charge in [-0.2, -0.15) is 0 Å². The first-order valence-electron chi connectivity index (χ1n) is 9.78. The van der Waals surface area contributed by atoms with Crippen LogP contribution in [0.2, 0.25) is 5.02 Å². The standard InChI is InChI=1S/C23H20ClN5O2S/c1-15(22(30)26-18-5-3-17(24)4-6-18)32-23-28-27-21(16-11-13-25-14-12-16)29(23)19-7-9-20(31-2)10-8-19/h3-15H,1-2H3,(H,26,30). The number of hydrogen-bond acceptors (Lipinski definition) is 6. The third-order valence-electron chi connectivity index (χ3n) is 4.67. The van der Waals surface area contributed by atoms with Crippen LogP contribution in [-0.2, 0) is 4.79 Å². The van der Waals surface area contributed by atoms with Gasteiger partial charge in [0, 0.05) is 34.4 Å². The second-order valence-electron chi connectivity index (χ2n) is 6.83. The van der Waals surface area contributed by atoms with Crippen molar-refractivity contribution < 1.29 is 9.53 Å². The van der Waals surface area contributed by atoms with Crippen LogP contribution in [-0.4, -0.2) is 38.0 Å². The second-order valence-corrected chi connectivity index (χ2v) is 8.58. The first kappa shape index (κ1) is 21.9. The van der Waals surface area contributed by atoms with Gasteiger partial charge < -0.3 is 10.1 Å². The van der Waals surface area contributed by atoms with E-state index in [2.05, 4.69) is 20.5 Å². The minimum atomic E-state index is -0.419. The molecule has 0 fully saturated rings. The molecule has 7 nitrogen and oxygen atoms in total. The SMILES string of the molecule is COc1ccc(-n2c(SC(C)C(=O)Nc3ccc(Cl)cc3)nnc2-c2ccncc2)cc1. The molecule has 1 N–H and O–H groups in total. The molecule has 0 radical (unpaired) electrons. The molecule has 4 rings (SSSR count). The fraction of sp³-hybridized carbons (Fsp3) is 0.130. The number of pyridine rings is 1. The summed E-state index contributed by atoms with van der Waals surface area (Å²) in [5.41, 5.74) is 2.41. The van der Waals surface area contributed by atoms with Crippen LogP contribution in [0.3, 0.4) is 0 Å². The van der Waals surface area contributed by atoms with E-state index in [-0.39, 0.29) is 5.91 Å². The molecule has 0 aliphatic carbocycles. The van der Waals surface area contributed by atoms with Crippen LogP contribution in [0.25, 0.3) is 17.1 Å². The fourth-order valence-electron chi connectivity index (χ4n) is 2.99. The zero-order valence-corrected chi connectivity index (χ0v) is 19.0. The summed E-state index contributed by atoms with van der Waals surface area (Å²) in [6.07, 6.45) is 3.41. The molecule has 2 heterocycles. The van der Waals surface area contributed by atoms with Gasteiger partial charge in [-0.15, -0.1) is 10.2 Å². The van der Waals surface area contributed by atoms with Crippen molar-refractivity contribution in [3.8, 4) is 22.8 Å². The zero-order valence-electron chi connectivity index (χ0n) is 17.4. The monoisotopic (exact) mass is 465 g/mol. The van der Waals surface area contributed by atoms with E-state index < -0.39 is 5.25 Å².